The number of hydrogen-bond acceptors (Lipinski definition) is 3. The van der Waals surface area contributed by atoms with Gasteiger partial charge in [0, 0.05) is 13.2 Å². The van der Waals surface area contributed by atoms with Gasteiger partial charge in [-0.05, 0) is 23.3 Å². The Labute approximate surface area is 126 Å². The van der Waals surface area contributed by atoms with E-state index in [0.717, 1.165) is 5.56 Å². The van der Waals surface area contributed by atoms with Crippen molar-refractivity contribution in [2.45, 2.75) is 12.5 Å². The quantitative estimate of drug-likeness (QED) is 0.881. The third-order valence-electron chi connectivity index (χ3n) is 2.99. The minimum absolute atomic E-state index is 0.00266. The van der Waals surface area contributed by atoms with Crippen LogP contribution in [0.1, 0.15) is 17.2 Å². The van der Waals surface area contributed by atoms with Crippen molar-refractivity contribution in [3.63, 3.8) is 0 Å². The van der Waals surface area contributed by atoms with Crippen molar-refractivity contribution < 1.29 is 14.3 Å². The van der Waals surface area contributed by atoms with Gasteiger partial charge in [-0.25, -0.2) is 4.39 Å². The standard InChI is InChI=1S/C14H15ClFN3O2/c1-19-7-9(6-17-19)4-14(21)18-13(8-20)10-2-3-11(15)12(16)5-10/h2-3,5-7,13,20H,4,8H2,1H3,(H,18,21)/t13-/m0/s1. The van der Waals surface area contributed by atoms with Gasteiger partial charge in [-0.15, -0.1) is 0 Å². The van der Waals surface area contributed by atoms with E-state index in [-0.39, 0.29) is 24.0 Å². The fraction of sp³-hybridized carbons (Fsp3) is 0.286. The van der Waals surface area contributed by atoms with Crippen molar-refractivity contribution in [1.29, 1.82) is 0 Å². The largest absolute Gasteiger partial charge is 0.394 e. The number of benzene rings is 1. The van der Waals surface area contributed by atoms with Crippen LogP contribution in [-0.2, 0) is 18.3 Å². The molecule has 2 rings (SSSR count). The number of aliphatic hydroxyl groups excluding tert-OH is 1. The first-order chi connectivity index (χ1) is 9.99. The molecule has 7 heteroatoms. The predicted octanol–water partition coefficient (Wildman–Crippen LogP) is 1.60. The average molecular weight is 312 g/mol. The van der Waals surface area contributed by atoms with Crippen LogP contribution in [0.15, 0.2) is 30.6 Å². The van der Waals surface area contributed by atoms with E-state index in [0.29, 0.717) is 5.56 Å². The predicted molar refractivity (Wildman–Crippen MR) is 76.3 cm³/mol. The van der Waals surface area contributed by atoms with Crippen molar-refractivity contribution >= 4 is 17.5 Å². The number of hydrogen-bond donors (Lipinski definition) is 2. The van der Waals surface area contributed by atoms with Crippen molar-refractivity contribution in [3.05, 3.63) is 52.6 Å². The fourth-order valence-corrected chi connectivity index (χ4v) is 2.07. The van der Waals surface area contributed by atoms with Crippen LogP contribution < -0.4 is 5.32 Å². The lowest BCUT2D eigenvalue weighted by molar-refractivity contribution is -0.121. The van der Waals surface area contributed by atoms with E-state index in [9.17, 15) is 14.3 Å². The Balaban J connectivity index is 2.04. The summed E-state index contributed by atoms with van der Waals surface area (Å²) in [5, 5.41) is 16.0. The minimum atomic E-state index is -0.680. The van der Waals surface area contributed by atoms with Crippen LogP contribution in [0.2, 0.25) is 5.02 Å². The Morgan fingerprint density at radius 2 is 2.33 bits per heavy atom. The molecule has 5 nitrogen and oxygen atoms in total. The third-order valence-corrected chi connectivity index (χ3v) is 3.29. The van der Waals surface area contributed by atoms with Gasteiger partial charge >= 0.3 is 0 Å². The maximum atomic E-state index is 13.4. The van der Waals surface area contributed by atoms with E-state index in [4.69, 9.17) is 11.6 Å². The average Bonchev–Trinajstić information content (AvgIpc) is 2.84. The topological polar surface area (TPSA) is 67.2 Å². The molecule has 0 bridgehead atoms. The van der Waals surface area contributed by atoms with Crippen LogP contribution in [-0.4, -0.2) is 27.4 Å². The normalized spacial score (nSPS) is 12.2. The highest BCUT2D eigenvalue weighted by Crippen LogP contribution is 2.20. The molecule has 0 radical (unpaired) electrons. The van der Waals surface area contributed by atoms with Gasteiger partial charge in [0.15, 0.2) is 0 Å². The summed E-state index contributed by atoms with van der Waals surface area (Å²) in [5.74, 6) is -0.869. The number of rotatable bonds is 5. The van der Waals surface area contributed by atoms with Gasteiger partial charge in [-0.1, -0.05) is 17.7 Å². The summed E-state index contributed by atoms with van der Waals surface area (Å²) in [5.41, 5.74) is 1.22. The van der Waals surface area contributed by atoms with E-state index in [1.165, 1.54) is 12.1 Å². The second kappa shape index (κ2) is 6.69. The highest BCUT2D eigenvalue weighted by molar-refractivity contribution is 6.30. The zero-order chi connectivity index (χ0) is 15.4. The van der Waals surface area contributed by atoms with E-state index in [2.05, 4.69) is 10.4 Å². The lowest BCUT2D eigenvalue weighted by Crippen LogP contribution is -2.32. The first kappa shape index (κ1) is 15.5. The molecule has 112 valence electrons. The van der Waals surface area contributed by atoms with Gasteiger partial charge in [0.05, 0.1) is 30.3 Å². The van der Waals surface area contributed by atoms with Gasteiger partial charge in [0.2, 0.25) is 5.91 Å². The Hall–Kier alpha value is -1.92. The molecular weight excluding hydrogens is 297 g/mol. The van der Waals surface area contributed by atoms with Crippen LogP contribution in [0.4, 0.5) is 4.39 Å². The Kier molecular flexibility index (Phi) is 4.93. The first-order valence-corrected chi connectivity index (χ1v) is 6.70. The number of carbonyl (C=O) groups excluding carboxylic acids is 1. The van der Waals surface area contributed by atoms with Crippen molar-refractivity contribution in [2.24, 2.45) is 7.05 Å². The zero-order valence-corrected chi connectivity index (χ0v) is 12.1. The second-order valence-corrected chi connectivity index (χ2v) is 5.08. The van der Waals surface area contributed by atoms with E-state index in [1.54, 1.807) is 30.2 Å². The van der Waals surface area contributed by atoms with Crippen molar-refractivity contribution in [1.82, 2.24) is 15.1 Å². The number of aryl methyl sites for hydroxylation is 1. The first-order valence-electron chi connectivity index (χ1n) is 6.32. The van der Waals surface area contributed by atoms with Crippen LogP contribution in [0.25, 0.3) is 0 Å². The van der Waals surface area contributed by atoms with E-state index < -0.39 is 11.9 Å². The van der Waals surface area contributed by atoms with Gasteiger partial charge in [0.25, 0.3) is 0 Å². The maximum Gasteiger partial charge on any atom is 0.225 e. The summed E-state index contributed by atoms with van der Waals surface area (Å²) in [6.45, 7) is -0.333. The van der Waals surface area contributed by atoms with Gasteiger partial charge in [-0.2, -0.15) is 5.10 Å². The molecule has 1 heterocycles. The molecule has 0 aliphatic carbocycles. The lowest BCUT2D eigenvalue weighted by Gasteiger charge is -2.17. The molecule has 0 fully saturated rings. The van der Waals surface area contributed by atoms with Gasteiger partial charge < -0.3 is 10.4 Å². The summed E-state index contributed by atoms with van der Waals surface area (Å²) in [6.07, 6.45) is 3.46. The molecule has 1 amide bonds. The fourth-order valence-electron chi connectivity index (χ4n) is 1.96. The summed E-state index contributed by atoms with van der Waals surface area (Å²) in [7, 11) is 1.76. The molecule has 0 saturated carbocycles. The second-order valence-electron chi connectivity index (χ2n) is 4.68. The van der Waals surface area contributed by atoms with Crippen LogP contribution in [0.3, 0.4) is 0 Å². The number of halogens is 2. The molecule has 1 aromatic heterocycles. The number of aliphatic hydroxyl groups is 1. The summed E-state index contributed by atoms with van der Waals surface area (Å²) < 4.78 is 15.0. The van der Waals surface area contributed by atoms with Crippen LogP contribution >= 0.6 is 11.6 Å². The smallest absolute Gasteiger partial charge is 0.225 e. The van der Waals surface area contributed by atoms with Crippen LogP contribution in [0.5, 0.6) is 0 Å². The van der Waals surface area contributed by atoms with Crippen LogP contribution in [0, 0.1) is 5.82 Å². The monoisotopic (exact) mass is 311 g/mol. The zero-order valence-electron chi connectivity index (χ0n) is 11.4. The van der Waals surface area contributed by atoms with E-state index >= 15 is 0 Å². The minimum Gasteiger partial charge on any atom is -0.394 e. The number of nitrogens with zero attached hydrogens (tertiary/aromatic N) is 2. The Morgan fingerprint density at radius 1 is 1.57 bits per heavy atom. The molecule has 1 atom stereocenters. The molecule has 0 spiro atoms. The maximum absolute atomic E-state index is 13.4. The number of amides is 1. The van der Waals surface area contributed by atoms with Gasteiger partial charge in [0.1, 0.15) is 5.82 Å². The van der Waals surface area contributed by atoms with E-state index in [1.807, 2.05) is 0 Å². The molecule has 1 aromatic carbocycles. The Bertz CT molecular complexity index is 645. The Morgan fingerprint density at radius 3 is 2.90 bits per heavy atom. The molecule has 2 N–H and O–H groups in total. The molecular formula is C14H15ClFN3O2. The molecule has 0 aliphatic rings. The molecule has 2 aromatic rings. The third kappa shape index (κ3) is 4.03. The molecule has 0 saturated heterocycles. The number of aromatic nitrogens is 2. The molecule has 21 heavy (non-hydrogen) atoms. The lowest BCUT2D eigenvalue weighted by atomic mass is 10.1. The highest BCUT2D eigenvalue weighted by atomic mass is 35.5. The summed E-state index contributed by atoms with van der Waals surface area (Å²) >= 11 is 5.61. The van der Waals surface area contributed by atoms with Crippen molar-refractivity contribution in [2.75, 3.05) is 6.61 Å². The van der Waals surface area contributed by atoms with Crippen molar-refractivity contribution in [3.8, 4) is 0 Å². The number of nitrogens with one attached hydrogen (secondary N) is 1. The molecule has 0 unspecified atom stereocenters. The summed E-state index contributed by atoms with van der Waals surface area (Å²) in [6, 6.07) is 3.48. The summed E-state index contributed by atoms with van der Waals surface area (Å²) in [4.78, 5) is 11.9. The highest BCUT2D eigenvalue weighted by Gasteiger charge is 2.16. The molecule has 0 aliphatic heterocycles. The SMILES string of the molecule is Cn1cc(CC(=O)N[C@@H](CO)c2ccc(Cl)c(F)c2)cn1. The number of carbonyl (C=O) groups is 1. The van der Waals surface area contributed by atoms with Gasteiger partial charge in [-0.3, -0.25) is 9.48 Å².